The largest absolute Gasteiger partial charge is 0.323 e. The fourth-order valence-electron chi connectivity index (χ4n) is 3.07. The maximum atomic E-state index is 13.1. The van der Waals surface area contributed by atoms with Gasteiger partial charge >= 0.3 is 0 Å². The second-order valence-electron chi connectivity index (χ2n) is 6.47. The number of rotatable bonds is 4. The van der Waals surface area contributed by atoms with Crippen LogP contribution in [0.25, 0.3) is 0 Å². The molecule has 2 aromatic carbocycles. The van der Waals surface area contributed by atoms with Crippen LogP contribution in [0.4, 0.5) is 5.69 Å². The fourth-order valence-corrected chi connectivity index (χ4v) is 4.89. The zero-order valence-electron chi connectivity index (χ0n) is 14.5. The van der Waals surface area contributed by atoms with E-state index in [1.165, 1.54) is 0 Å². The highest BCUT2D eigenvalue weighted by Gasteiger charge is 2.32. The van der Waals surface area contributed by atoms with Crippen LogP contribution in [0.15, 0.2) is 53.0 Å². The molecule has 1 unspecified atom stereocenters. The van der Waals surface area contributed by atoms with Crippen molar-refractivity contribution in [2.24, 2.45) is 0 Å². The molecule has 1 aliphatic heterocycles. The first-order valence-electron chi connectivity index (χ1n) is 8.42. The summed E-state index contributed by atoms with van der Waals surface area (Å²) >= 11 is 3.48. The molecule has 0 aromatic heterocycles. The third-order valence-corrected chi connectivity index (χ3v) is 6.76. The van der Waals surface area contributed by atoms with Gasteiger partial charge in [-0.25, -0.2) is 8.42 Å². The third-order valence-electron chi connectivity index (χ3n) is 4.49. The molecule has 1 atom stereocenters. The molecule has 2 aromatic rings. The number of aryl methyl sites for hydroxylation is 1. The molecule has 1 N–H and O–H groups in total. The molecule has 0 bridgehead atoms. The molecule has 0 spiro atoms. The molecule has 1 aliphatic rings. The molecular formula is C19H21BrN2O3S. The minimum atomic E-state index is -3.01. The average Bonchev–Trinajstić information content (AvgIpc) is 2.60. The van der Waals surface area contributed by atoms with E-state index >= 15 is 0 Å². The van der Waals surface area contributed by atoms with Gasteiger partial charge in [0, 0.05) is 17.6 Å². The van der Waals surface area contributed by atoms with Gasteiger partial charge in [0.05, 0.1) is 17.2 Å². The molecule has 0 saturated carbocycles. The predicted molar refractivity (Wildman–Crippen MR) is 107 cm³/mol. The van der Waals surface area contributed by atoms with E-state index in [2.05, 4.69) is 21.2 Å². The highest BCUT2D eigenvalue weighted by Crippen LogP contribution is 2.28. The normalized spacial score (nSPS) is 18.2. The lowest BCUT2D eigenvalue weighted by Gasteiger charge is -2.33. The molecule has 0 radical (unpaired) electrons. The topological polar surface area (TPSA) is 66.5 Å². The monoisotopic (exact) mass is 436 g/mol. The van der Waals surface area contributed by atoms with Gasteiger partial charge < -0.3 is 5.32 Å². The molecule has 5 nitrogen and oxygen atoms in total. The summed E-state index contributed by atoms with van der Waals surface area (Å²) in [5.74, 6) is -0.00424. The van der Waals surface area contributed by atoms with E-state index in [4.69, 9.17) is 0 Å². The Kier molecular flexibility index (Phi) is 5.79. The molecule has 3 rings (SSSR count). The molecule has 138 valence electrons. The van der Waals surface area contributed by atoms with Gasteiger partial charge in [0.25, 0.3) is 0 Å². The summed E-state index contributed by atoms with van der Waals surface area (Å²) in [4.78, 5) is 15.0. The molecule has 0 aliphatic carbocycles. The summed E-state index contributed by atoms with van der Waals surface area (Å²) in [7, 11) is -3.01. The van der Waals surface area contributed by atoms with Crippen molar-refractivity contribution < 1.29 is 13.2 Å². The molecule has 7 heteroatoms. The van der Waals surface area contributed by atoms with E-state index in [1.807, 2.05) is 60.4 Å². The second-order valence-corrected chi connectivity index (χ2v) is 9.63. The van der Waals surface area contributed by atoms with Gasteiger partial charge in [0.15, 0.2) is 9.84 Å². The summed E-state index contributed by atoms with van der Waals surface area (Å²) in [5, 5.41) is 2.98. The Balaban J connectivity index is 1.87. The fraction of sp³-hybridized carbons (Fsp3) is 0.316. The van der Waals surface area contributed by atoms with Crippen LogP contribution < -0.4 is 5.32 Å². The van der Waals surface area contributed by atoms with Gasteiger partial charge in [-0.3, -0.25) is 9.69 Å². The molecule has 1 saturated heterocycles. The number of hydrogen-bond acceptors (Lipinski definition) is 4. The SMILES string of the molecule is Cc1ccc(NC(=O)C(c2ccccc2)N2CCS(=O)(=O)CC2)c(Br)c1. The van der Waals surface area contributed by atoms with Crippen LogP contribution in [0, 0.1) is 6.92 Å². The molecule has 1 amide bonds. The van der Waals surface area contributed by atoms with Gasteiger partial charge in [0.2, 0.25) is 5.91 Å². The number of sulfone groups is 1. The maximum Gasteiger partial charge on any atom is 0.246 e. The quantitative estimate of drug-likeness (QED) is 0.798. The first kappa shape index (κ1) is 19.1. The van der Waals surface area contributed by atoms with Crippen LogP contribution in [0.1, 0.15) is 17.2 Å². The Morgan fingerprint density at radius 2 is 1.77 bits per heavy atom. The van der Waals surface area contributed by atoms with Crippen LogP contribution in [0.3, 0.4) is 0 Å². The smallest absolute Gasteiger partial charge is 0.246 e. The van der Waals surface area contributed by atoms with Crippen molar-refractivity contribution in [3.05, 3.63) is 64.1 Å². The molecular weight excluding hydrogens is 416 g/mol. The Hall–Kier alpha value is -1.70. The zero-order chi connectivity index (χ0) is 18.7. The van der Waals surface area contributed by atoms with Gasteiger partial charge in [-0.2, -0.15) is 0 Å². The van der Waals surface area contributed by atoms with Crippen LogP contribution in [0.2, 0.25) is 0 Å². The Morgan fingerprint density at radius 3 is 2.38 bits per heavy atom. The van der Waals surface area contributed by atoms with Crippen molar-refractivity contribution in [1.29, 1.82) is 0 Å². The number of amides is 1. The van der Waals surface area contributed by atoms with Crippen molar-refractivity contribution in [2.75, 3.05) is 29.9 Å². The van der Waals surface area contributed by atoms with Gasteiger partial charge in [-0.1, -0.05) is 36.4 Å². The lowest BCUT2D eigenvalue weighted by Crippen LogP contribution is -2.46. The lowest BCUT2D eigenvalue weighted by atomic mass is 10.0. The number of halogens is 1. The zero-order valence-corrected chi connectivity index (χ0v) is 16.9. The van der Waals surface area contributed by atoms with E-state index in [9.17, 15) is 13.2 Å². The predicted octanol–water partition coefficient (Wildman–Crippen LogP) is 3.17. The number of anilines is 1. The average molecular weight is 437 g/mol. The third kappa shape index (κ3) is 4.52. The number of carbonyl (C=O) groups excluding carboxylic acids is 1. The van der Waals surface area contributed by atoms with Crippen molar-refractivity contribution in [3.63, 3.8) is 0 Å². The maximum absolute atomic E-state index is 13.1. The van der Waals surface area contributed by atoms with Crippen LogP contribution in [-0.2, 0) is 14.6 Å². The minimum absolute atomic E-state index is 0.0812. The van der Waals surface area contributed by atoms with Gasteiger partial charge in [-0.15, -0.1) is 0 Å². The lowest BCUT2D eigenvalue weighted by molar-refractivity contribution is -0.121. The Morgan fingerprint density at radius 1 is 1.12 bits per heavy atom. The number of benzene rings is 2. The molecule has 26 heavy (non-hydrogen) atoms. The van der Waals surface area contributed by atoms with Gasteiger partial charge in [-0.05, 0) is 46.1 Å². The number of hydrogen-bond donors (Lipinski definition) is 1. The Labute approximate surface area is 162 Å². The standard InChI is InChI=1S/C19H21BrN2O3S/c1-14-7-8-17(16(20)13-14)21-19(23)18(15-5-3-2-4-6-15)22-9-11-26(24,25)12-10-22/h2-8,13,18H,9-12H2,1H3,(H,21,23). The van der Waals surface area contributed by atoms with Crippen LogP contribution in [0.5, 0.6) is 0 Å². The summed E-state index contributed by atoms with van der Waals surface area (Å²) in [6.45, 7) is 2.69. The van der Waals surface area contributed by atoms with Crippen molar-refractivity contribution in [3.8, 4) is 0 Å². The van der Waals surface area contributed by atoms with E-state index in [1.54, 1.807) is 0 Å². The van der Waals surface area contributed by atoms with E-state index in [-0.39, 0.29) is 17.4 Å². The van der Waals surface area contributed by atoms with Crippen molar-refractivity contribution in [2.45, 2.75) is 13.0 Å². The highest BCUT2D eigenvalue weighted by molar-refractivity contribution is 9.10. The molecule has 1 fully saturated rings. The summed E-state index contributed by atoms with van der Waals surface area (Å²) in [5.41, 5.74) is 2.65. The van der Waals surface area contributed by atoms with Crippen LogP contribution >= 0.6 is 15.9 Å². The second kappa shape index (κ2) is 7.90. The number of nitrogens with one attached hydrogen (secondary N) is 1. The van der Waals surface area contributed by atoms with E-state index in [0.29, 0.717) is 18.8 Å². The summed E-state index contributed by atoms with van der Waals surface area (Å²) in [6, 6.07) is 14.7. The summed E-state index contributed by atoms with van der Waals surface area (Å²) < 4.78 is 24.3. The van der Waals surface area contributed by atoms with Crippen molar-refractivity contribution in [1.82, 2.24) is 4.90 Å². The first-order valence-corrected chi connectivity index (χ1v) is 11.0. The van der Waals surface area contributed by atoms with E-state index < -0.39 is 15.9 Å². The highest BCUT2D eigenvalue weighted by atomic mass is 79.9. The minimum Gasteiger partial charge on any atom is -0.323 e. The molecule has 1 heterocycles. The number of nitrogens with zero attached hydrogens (tertiary/aromatic N) is 1. The first-order chi connectivity index (χ1) is 12.4. The van der Waals surface area contributed by atoms with Crippen molar-refractivity contribution >= 4 is 37.4 Å². The Bertz CT molecular complexity index is 886. The summed E-state index contributed by atoms with van der Waals surface area (Å²) in [6.07, 6.45) is 0. The number of carbonyl (C=O) groups is 1. The van der Waals surface area contributed by atoms with Gasteiger partial charge in [0.1, 0.15) is 6.04 Å². The van der Waals surface area contributed by atoms with Crippen LogP contribution in [-0.4, -0.2) is 43.8 Å². The van der Waals surface area contributed by atoms with E-state index in [0.717, 1.165) is 15.6 Å².